The van der Waals surface area contributed by atoms with E-state index in [0.717, 1.165) is 25.8 Å². The molecule has 4 nitrogen and oxygen atoms in total. The number of hydrogen-bond acceptors (Lipinski definition) is 4. The van der Waals surface area contributed by atoms with E-state index in [1.54, 1.807) is 7.11 Å². The molecule has 0 saturated carbocycles. The van der Waals surface area contributed by atoms with E-state index in [1.165, 1.54) is 6.26 Å². The molecular weight excluding hydrogens is 238 g/mol. The van der Waals surface area contributed by atoms with E-state index in [4.69, 9.17) is 4.74 Å². The van der Waals surface area contributed by atoms with Crippen LogP contribution in [-0.2, 0) is 14.6 Å². The Morgan fingerprint density at radius 1 is 1.18 bits per heavy atom. The molecule has 2 unspecified atom stereocenters. The van der Waals surface area contributed by atoms with Gasteiger partial charge in [0.05, 0.1) is 11.9 Å². The zero-order chi connectivity index (χ0) is 13.3. The lowest BCUT2D eigenvalue weighted by atomic mass is 10.0. The van der Waals surface area contributed by atoms with E-state index in [-0.39, 0.29) is 17.9 Å². The van der Waals surface area contributed by atoms with Gasteiger partial charge in [0.2, 0.25) is 0 Å². The highest BCUT2D eigenvalue weighted by Gasteiger charge is 2.21. The Morgan fingerprint density at radius 3 is 2.24 bits per heavy atom. The number of sulfone groups is 1. The highest BCUT2D eigenvalue weighted by Crippen LogP contribution is 2.11. The predicted molar refractivity (Wildman–Crippen MR) is 72.1 cm³/mol. The maximum absolute atomic E-state index is 11.2. The van der Waals surface area contributed by atoms with Crippen molar-refractivity contribution in [2.75, 3.05) is 25.7 Å². The third-order valence-corrected chi connectivity index (χ3v) is 3.76. The van der Waals surface area contributed by atoms with Crippen molar-refractivity contribution in [3.63, 3.8) is 0 Å². The van der Waals surface area contributed by atoms with Crippen LogP contribution in [0.3, 0.4) is 0 Å². The van der Waals surface area contributed by atoms with E-state index >= 15 is 0 Å². The van der Waals surface area contributed by atoms with Gasteiger partial charge < -0.3 is 10.1 Å². The first kappa shape index (κ1) is 16.9. The van der Waals surface area contributed by atoms with Crippen molar-refractivity contribution in [3.8, 4) is 0 Å². The van der Waals surface area contributed by atoms with Crippen LogP contribution < -0.4 is 5.32 Å². The number of methoxy groups -OCH3 is 1. The van der Waals surface area contributed by atoms with Gasteiger partial charge in [-0.05, 0) is 25.8 Å². The Hall–Kier alpha value is -0.130. The third kappa shape index (κ3) is 8.57. The number of rotatable bonds is 10. The van der Waals surface area contributed by atoms with Crippen molar-refractivity contribution in [1.29, 1.82) is 0 Å². The molecule has 0 aliphatic rings. The summed E-state index contributed by atoms with van der Waals surface area (Å²) in [7, 11) is -1.20. The smallest absolute Gasteiger partial charge is 0.147 e. The Morgan fingerprint density at radius 2 is 1.82 bits per heavy atom. The lowest BCUT2D eigenvalue weighted by molar-refractivity contribution is 0.0599. The summed E-state index contributed by atoms with van der Waals surface area (Å²) in [6, 6.07) is 0.134. The Labute approximate surface area is 106 Å². The molecule has 0 saturated heterocycles. The van der Waals surface area contributed by atoms with Crippen LogP contribution in [0.2, 0.25) is 0 Å². The highest BCUT2D eigenvalue weighted by atomic mass is 32.2. The molecular formula is C12H27NO3S. The van der Waals surface area contributed by atoms with Crippen molar-refractivity contribution in [1.82, 2.24) is 5.32 Å². The topological polar surface area (TPSA) is 55.4 Å². The van der Waals surface area contributed by atoms with Gasteiger partial charge in [0, 0.05) is 19.4 Å². The number of ether oxygens (including phenoxy) is 1. The Bertz CT molecular complexity index is 277. The Balaban J connectivity index is 4.38. The van der Waals surface area contributed by atoms with Gasteiger partial charge in [0.15, 0.2) is 0 Å². The normalized spacial score (nSPS) is 15.8. The second-order valence-electron chi connectivity index (χ2n) is 4.54. The second-order valence-corrected chi connectivity index (χ2v) is 6.80. The third-order valence-electron chi connectivity index (χ3n) is 2.78. The van der Waals surface area contributed by atoms with Crippen LogP contribution in [0.5, 0.6) is 0 Å². The molecule has 5 heteroatoms. The summed E-state index contributed by atoms with van der Waals surface area (Å²) in [6.45, 7) is 5.11. The molecule has 0 aliphatic carbocycles. The van der Waals surface area contributed by atoms with Crippen molar-refractivity contribution in [2.24, 2.45) is 0 Å². The summed E-state index contributed by atoms with van der Waals surface area (Å²) in [6.07, 6.45) is 5.05. The molecule has 0 spiro atoms. The second kappa shape index (κ2) is 8.89. The largest absolute Gasteiger partial charge is 0.380 e. The maximum Gasteiger partial charge on any atom is 0.147 e. The SMILES string of the molecule is CCCNC(CCS(C)(=O)=O)C(CCC)OC. The summed E-state index contributed by atoms with van der Waals surface area (Å²) < 4.78 is 27.9. The molecule has 0 amide bonds. The van der Waals surface area contributed by atoms with Crippen molar-refractivity contribution < 1.29 is 13.2 Å². The van der Waals surface area contributed by atoms with Crippen molar-refractivity contribution in [3.05, 3.63) is 0 Å². The minimum absolute atomic E-state index is 0.105. The van der Waals surface area contributed by atoms with E-state index in [9.17, 15) is 8.42 Å². The molecule has 0 fully saturated rings. The molecule has 0 rings (SSSR count). The molecule has 0 radical (unpaired) electrons. The van der Waals surface area contributed by atoms with Gasteiger partial charge in [-0.15, -0.1) is 0 Å². The van der Waals surface area contributed by atoms with Crippen LogP contribution in [0.4, 0.5) is 0 Å². The number of nitrogens with one attached hydrogen (secondary N) is 1. The zero-order valence-corrected chi connectivity index (χ0v) is 12.3. The highest BCUT2D eigenvalue weighted by molar-refractivity contribution is 7.90. The minimum atomic E-state index is -2.90. The van der Waals surface area contributed by atoms with E-state index in [2.05, 4.69) is 19.2 Å². The summed E-state index contributed by atoms with van der Waals surface area (Å²) >= 11 is 0. The van der Waals surface area contributed by atoms with Gasteiger partial charge in [-0.2, -0.15) is 0 Å². The molecule has 0 aliphatic heterocycles. The monoisotopic (exact) mass is 265 g/mol. The standard InChI is InChI=1S/C12H27NO3S/c1-5-7-12(16-3)11(13-9-6-2)8-10-17(4,14)15/h11-13H,5-10H2,1-4H3. The predicted octanol–water partition coefficient (Wildman–Crippen LogP) is 1.60. The fourth-order valence-corrected chi connectivity index (χ4v) is 2.54. The zero-order valence-electron chi connectivity index (χ0n) is 11.5. The molecule has 0 aromatic heterocycles. The molecule has 0 aromatic rings. The molecule has 0 heterocycles. The Kier molecular flexibility index (Phi) is 8.82. The maximum atomic E-state index is 11.2. The van der Waals surface area contributed by atoms with Crippen LogP contribution in [0.15, 0.2) is 0 Å². The van der Waals surface area contributed by atoms with Crippen LogP contribution >= 0.6 is 0 Å². The van der Waals surface area contributed by atoms with Gasteiger partial charge >= 0.3 is 0 Å². The van der Waals surface area contributed by atoms with Gasteiger partial charge in [-0.3, -0.25) is 0 Å². The average molecular weight is 265 g/mol. The first-order chi connectivity index (χ1) is 7.94. The summed E-state index contributed by atoms with van der Waals surface area (Å²) in [5.74, 6) is 0.220. The average Bonchev–Trinajstić information content (AvgIpc) is 2.25. The van der Waals surface area contributed by atoms with E-state index < -0.39 is 9.84 Å². The molecule has 1 N–H and O–H groups in total. The molecule has 104 valence electrons. The first-order valence-electron chi connectivity index (χ1n) is 6.38. The van der Waals surface area contributed by atoms with Gasteiger partial charge in [0.25, 0.3) is 0 Å². The summed E-state index contributed by atoms with van der Waals surface area (Å²) in [5.41, 5.74) is 0. The van der Waals surface area contributed by atoms with Gasteiger partial charge in [-0.25, -0.2) is 8.42 Å². The van der Waals surface area contributed by atoms with E-state index in [0.29, 0.717) is 6.42 Å². The van der Waals surface area contributed by atoms with Crippen LogP contribution in [0.1, 0.15) is 39.5 Å². The van der Waals surface area contributed by atoms with Gasteiger partial charge in [0.1, 0.15) is 9.84 Å². The molecule has 17 heavy (non-hydrogen) atoms. The fourth-order valence-electron chi connectivity index (χ4n) is 1.86. The van der Waals surface area contributed by atoms with Gasteiger partial charge in [-0.1, -0.05) is 20.3 Å². The van der Waals surface area contributed by atoms with Crippen LogP contribution in [-0.4, -0.2) is 46.2 Å². The first-order valence-corrected chi connectivity index (χ1v) is 8.44. The summed E-state index contributed by atoms with van der Waals surface area (Å²) in [5, 5.41) is 3.39. The van der Waals surface area contributed by atoms with Crippen molar-refractivity contribution >= 4 is 9.84 Å². The van der Waals surface area contributed by atoms with Crippen LogP contribution in [0, 0.1) is 0 Å². The molecule has 2 atom stereocenters. The van der Waals surface area contributed by atoms with Crippen molar-refractivity contribution in [2.45, 2.75) is 51.7 Å². The lowest BCUT2D eigenvalue weighted by Gasteiger charge is -2.26. The quantitative estimate of drug-likeness (QED) is 0.652. The summed E-state index contributed by atoms with van der Waals surface area (Å²) in [4.78, 5) is 0. The number of hydrogen-bond donors (Lipinski definition) is 1. The lowest BCUT2D eigenvalue weighted by Crippen LogP contribution is -2.42. The molecule has 0 aromatic carbocycles. The fraction of sp³-hybridized carbons (Fsp3) is 1.00. The van der Waals surface area contributed by atoms with Crippen LogP contribution in [0.25, 0.3) is 0 Å². The van der Waals surface area contributed by atoms with E-state index in [1.807, 2.05) is 0 Å². The molecule has 0 bridgehead atoms. The minimum Gasteiger partial charge on any atom is -0.380 e.